The van der Waals surface area contributed by atoms with Gasteiger partial charge < -0.3 is 9.88 Å². The van der Waals surface area contributed by atoms with E-state index in [1.54, 1.807) is 0 Å². The Morgan fingerprint density at radius 2 is 2.12 bits per heavy atom. The third kappa shape index (κ3) is 2.06. The molecule has 4 nitrogen and oxygen atoms in total. The summed E-state index contributed by atoms with van der Waals surface area (Å²) in [4.78, 5) is 0. The summed E-state index contributed by atoms with van der Waals surface area (Å²) in [6.07, 6.45) is 2.93. The average molecular weight is 249 g/mol. The summed E-state index contributed by atoms with van der Waals surface area (Å²) in [7, 11) is 0. The van der Waals surface area contributed by atoms with E-state index in [2.05, 4.69) is 20.1 Å². The maximum Gasteiger partial charge on any atom is 0.164 e. The van der Waals surface area contributed by atoms with Crippen LogP contribution in [-0.2, 0) is 0 Å². The van der Waals surface area contributed by atoms with Crippen molar-refractivity contribution < 1.29 is 0 Å². The lowest BCUT2D eigenvalue weighted by molar-refractivity contribution is 0.550. The fraction of sp³-hybridized carbons (Fsp3) is 0.333. The second-order valence-electron chi connectivity index (χ2n) is 4.22. The minimum Gasteiger partial charge on any atom is -0.315 e. The molecule has 1 saturated heterocycles. The zero-order chi connectivity index (χ0) is 11.7. The number of nitrogens with zero attached hydrogens (tertiary/aromatic N) is 3. The molecule has 0 radical (unpaired) electrons. The Morgan fingerprint density at radius 3 is 2.82 bits per heavy atom. The third-order valence-corrected chi connectivity index (χ3v) is 3.36. The number of hydrogen-bond acceptors (Lipinski definition) is 3. The summed E-state index contributed by atoms with van der Waals surface area (Å²) in [5.41, 5.74) is 1.05. The second-order valence-corrected chi connectivity index (χ2v) is 4.65. The molecule has 1 N–H and O–H groups in total. The van der Waals surface area contributed by atoms with Crippen LogP contribution in [0.3, 0.4) is 0 Å². The van der Waals surface area contributed by atoms with Crippen LogP contribution >= 0.6 is 11.6 Å². The van der Waals surface area contributed by atoms with E-state index in [1.165, 1.54) is 0 Å². The molecule has 1 fully saturated rings. The lowest BCUT2D eigenvalue weighted by Gasteiger charge is -2.12. The molecule has 1 aromatic carbocycles. The molecule has 0 spiro atoms. The quantitative estimate of drug-likeness (QED) is 0.886. The van der Waals surface area contributed by atoms with Crippen molar-refractivity contribution in [2.75, 3.05) is 13.1 Å². The first-order valence-corrected chi connectivity index (χ1v) is 6.08. The van der Waals surface area contributed by atoms with Crippen LogP contribution in [0.25, 0.3) is 11.4 Å². The molecule has 1 atom stereocenters. The summed E-state index contributed by atoms with van der Waals surface area (Å²) in [6.45, 7) is 2.04. The van der Waals surface area contributed by atoms with Crippen molar-refractivity contribution in [3.05, 3.63) is 35.6 Å². The minimum atomic E-state index is 0.454. The van der Waals surface area contributed by atoms with E-state index < -0.39 is 0 Å². The van der Waals surface area contributed by atoms with Gasteiger partial charge in [0.1, 0.15) is 6.33 Å². The molecule has 5 heteroatoms. The van der Waals surface area contributed by atoms with Gasteiger partial charge >= 0.3 is 0 Å². The van der Waals surface area contributed by atoms with Gasteiger partial charge in [0.15, 0.2) is 5.82 Å². The number of aromatic nitrogens is 3. The predicted octanol–water partition coefficient (Wildman–Crippen LogP) is 2.13. The molecule has 3 rings (SSSR count). The standard InChI is InChI=1S/C12H13ClN4/c13-10-3-1-9(2-4-10)12-16-15-8-17(12)11-5-6-14-7-11/h1-4,8,11,14H,5-7H2. The molecule has 0 amide bonds. The molecule has 2 heterocycles. The van der Waals surface area contributed by atoms with Gasteiger partial charge in [0.05, 0.1) is 6.04 Å². The normalized spacial score (nSPS) is 19.7. The van der Waals surface area contributed by atoms with Crippen molar-refractivity contribution in [1.29, 1.82) is 0 Å². The molecular formula is C12H13ClN4. The molecule has 1 aliphatic heterocycles. The Balaban J connectivity index is 1.97. The maximum absolute atomic E-state index is 5.89. The minimum absolute atomic E-state index is 0.454. The Bertz CT molecular complexity index is 499. The van der Waals surface area contributed by atoms with Gasteiger partial charge in [-0.05, 0) is 37.2 Å². The summed E-state index contributed by atoms with van der Waals surface area (Å²) < 4.78 is 2.14. The highest BCUT2D eigenvalue weighted by Crippen LogP contribution is 2.24. The monoisotopic (exact) mass is 248 g/mol. The van der Waals surface area contributed by atoms with E-state index in [1.807, 2.05) is 30.6 Å². The van der Waals surface area contributed by atoms with Crippen molar-refractivity contribution in [2.24, 2.45) is 0 Å². The van der Waals surface area contributed by atoms with E-state index in [0.29, 0.717) is 6.04 Å². The molecular weight excluding hydrogens is 236 g/mol. The van der Waals surface area contributed by atoms with Crippen LogP contribution in [0, 0.1) is 0 Å². The fourth-order valence-corrected chi connectivity index (χ4v) is 2.32. The summed E-state index contributed by atoms with van der Waals surface area (Å²) in [5, 5.41) is 12.3. The summed E-state index contributed by atoms with van der Waals surface area (Å²) in [5.74, 6) is 0.912. The van der Waals surface area contributed by atoms with Crippen molar-refractivity contribution >= 4 is 11.6 Å². The first kappa shape index (κ1) is 10.7. The van der Waals surface area contributed by atoms with Gasteiger partial charge in [-0.25, -0.2) is 0 Å². The molecule has 0 saturated carbocycles. The lowest BCUT2D eigenvalue weighted by Crippen LogP contribution is -2.13. The van der Waals surface area contributed by atoms with Gasteiger partial charge in [0.2, 0.25) is 0 Å². The van der Waals surface area contributed by atoms with E-state index in [9.17, 15) is 0 Å². The average Bonchev–Trinajstić information content (AvgIpc) is 3.00. The lowest BCUT2D eigenvalue weighted by atomic mass is 10.2. The van der Waals surface area contributed by atoms with Crippen LogP contribution in [0.15, 0.2) is 30.6 Å². The molecule has 88 valence electrons. The van der Waals surface area contributed by atoms with Crippen LogP contribution in [0.2, 0.25) is 5.02 Å². The van der Waals surface area contributed by atoms with Gasteiger partial charge in [0, 0.05) is 17.1 Å². The second kappa shape index (κ2) is 4.47. The van der Waals surface area contributed by atoms with E-state index in [4.69, 9.17) is 11.6 Å². The fourth-order valence-electron chi connectivity index (χ4n) is 2.19. The number of benzene rings is 1. The number of hydrogen-bond donors (Lipinski definition) is 1. The van der Waals surface area contributed by atoms with Crippen LogP contribution in [0.5, 0.6) is 0 Å². The molecule has 1 unspecified atom stereocenters. The summed E-state index contributed by atoms with van der Waals surface area (Å²) in [6, 6.07) is 8.16. The highest BCUT2D eigenvalue weighted by Gasteiger charge is 2.20. The Hall–Kier alpha value is -1.39. The van der Waals surface area contributed by atoms with Crippen LogP contribution < -0.4 is 5.32 Å². The topological polar surface area (TPSA) is 42.7 Å². The summed E-state index contributed by atoms with van der Waals surface area (Å²) >= 11 is 5.89. The van der Waals surface area contributed by atoms with Gasteiger partial charge in [-0.3, -0.25) is 0 Å². The zero-order valence-corrected chi connectivity index (χ0v) is 10.1. The van der Waals surface area contributed by atoms with Gasteiger partial charge in [0.25, 0.3) is 0 Å². The zero-order valence-electron chi connectivity index (χ0n) is 9.31. The van der Waals surface area contributed by atoms with Crippen molar-refractivity contribution in [3.8, 4) is 11.4 Å². The van der Waals surface area contributed by atoms with Gasteiger partial charge in [-0.1, -0.05) is 11.6 Å². The maximum atomic E-state index is 5.89. The number of nitrogens with one attached hydrogen (secondary N) is 1. The van der Waals surface area contributed by atoms with Crippen LogP contribution in [0.1, 0.15) is 12.5 Å². The molecule has 0 bridgehead atoms. The third-order valence-electron chi connectivity index (χ3n) is 3.10. The van der Waals surface area contributed by atoms with Crippen LogP contribution in [0.4, 0.5) is 0 Å². The largest absolute Gasteiger partial charge is 0.315 e. The smallest absolute Gasteiger partial charge is 0.164 e. The highest BCUT2D eigenvalue weighted by atomic mass is 35.5. The molecule has 2 aromatic rings. The van der Waals surface area contributed by atoms with Crippen LogP contribution in [-0.4, -0.2) is 27.9 Å². The predicted molar refractivity (Wildman–Crippen MR) is 67.0 cm³/mol. The van der Waals surface area contributed by atoms with E-state index in [0.717, 1.165) is 35.9 Å². The van der Waals surface area contributed by atoms with Crippen molar-refractivity contribution in [3.63, 3.8) is 0 Å². The molecule has 1 aliphatic rings. The Labute approximate surface area is 105 Å². The first-order valence-electron chi connectivity index (χ1n) is 5.71. The van der Waals surface area contributed by atoms with E-state index in [-0.39, 0.29) is 0 Å². The van der Waals surface area contributed by atoms with Gasteiger partial charge in [-0.2, -0.15) is 0 Å². The van der Waals surface area contributed by atoms with Crippen molar-refractivity contribution in [2.45, 2.75) is 12.5 Å². The Morgan fingerprint density at radius 1 is 1.29 bits per heavy atom. The first-order chi connectivity index (χ1) is 8.34. The SMILES string of the molecule is Clc1ccc(-c2nncn2C2CCNC2)cc1. The Kier molecular flexibility index (Phi) is 2.82. The van der Waals surface area contributed by atoms with Gasteiger partial charge in [-0.15, -0.1) is 10.2 Å². The number of rotatable bonds is 2. The molecule has 1 aromatic heterocycles. The van der Waals surface area contributed by atoms with Crippen molar-refractivity contribution in [1.82, 2.24) is 20.1 Å². The van der Waals surface area contributed by atoms with E-state index >= 15 is 0 Å². The number of halogens is 1. The molecule has 17 heavy (non-hydrogen) atoms. The highest BCUT2D eigenvalue weighted by molar-refractivity contribution is 6.30. The molecule has 0 aliphatic carbocycles.